The molecule has 1 aliphatic heterocycles. The van der Waals surface area contributed by atoms with Crippen LogP contribution in [0.2, 0.25) is 0 Å². The van der Waals surface area contributed by atoms with Gasteiger partial charge in [0.2, 0.25) is 0 Å². The fourth-order valence-electron chi connectivity index (χ4n) is 2.72. The van der Waals surface area contributed by atoms with E-state index >= 15 is 0 Å². The van der Waals surface area contributed by atoms with Crippen LogP contribution >= 0.6 is 0 Å². The van der Waals surface area contributed by atoms with Gasteiger partial charge in [-0.3, -0.25) is 4.98 Å². The van der Waals surface area contributed by atoms with Crippen LogP contribution in [0, 0.1) is 6.92 Å². The number of rotatable bonds is 5. The molecule has 0 aliphatic carbocycles. The van der Waals surface area contributed by atoms with Crippen LogP contribution in [0.5, 0.6) is 5.75 Å². The highest BCUT2D eigenvalue weighted by atomic mass is 16.3. The molecule has 1 saturated heterocycles. The van der Waals surface area contributed by atoms with Gasteiger partial charge in [0.25, 0.3) is 0 Å². The monoisotopic (exact) mass is 279 g/mol. The molecular formula is C15H25N3O2. The molecule has 0 saturated carbocycles. The molecule has 20 heavy (non-hydrogen) atoms. The number of aliphatic hydroxyl groups excluding tert-OH is 1. The van der Waals surface area contributed by atoms with E-state index in [-0.39, 0.29) is 12.4 Å². The van der Waals surface area contributed by atoms with Gasteiger partial charge >= 0.3 is 0 Å². The van der Waals surface area contributed by atoms with Crippen LogP contribution in [0.25, 0.3) is 0 Å². The van der Waals surface area contributed by atoms with Gasteiger partial charge in [-0.25, -0.2) is 0 Å². The van der Waals surface area contributed by atoms with E-state index in [2.05, 4.69) is 22.1 Å². The number of nitrogens with zero attached hydrogens (tertiary/aromatic N) is 2. The van der Waals surface area contributed by atoms with Crippen LogP contribution in [-0.2, 0) is 13.2 Å². The minimum atomic E-state index is -0.0911. The Morgan fingerprint density at radius 3 is 2.70 bits per heavy atom. The highest BCUT2D eigenvalue weighted by Gasteiger charge is 2.19. The molecule has 0 spiro atoms. The lowest BCUT2D eigenvalue weighted by Gasteiger charge is -2.31. The molecule has 5 nitrogen and oxygen atoms in total. The van der Waals surface area contributed by atoms with E-state index in [9.17, 15) is 10.2 Å². The van der Waals surface area contributed by atoms with Gasteiger partial charge in [-0.2, -0.15) is 0 Å². The summed E-state index contributed by atoms with van der Waals surface area (Å²) in [6.45, 7) is 7.84. The van der Waals surface area contributed by atoms with Crippen molar-refractivity contribution in [3.63, 3.8) is 0 Å². The summed E-state index contributed by atoms with van der Waals surface area (Å²) in [6.07, 6.45) is 3.91. The molecule has 112 valence electrons. The van der Waals surface area contributed by atoms with Crippen LogP contribution in [0.3, 0.4) is 0 Å². The zero-order valence-corrected chi connectivity index (χ0v) is 12.4. The van der Waals surface area contributed by atoms with Crippen molar-refractivity contribution in [3.05, 3.63) is 23.0 Å². The molecule has 1 aliphatic rings. The molecule has 1 aromatic rings. The van der Waals surface area contributed by atoms with Crippen molar-refractivity contribution in [2.75, 3.05) is 19.6 Å². The topological polar surface area (TPSA) is 68.6 Å². The first-order chi connectivity index (χ1) is 9.65. The quantitative estimate of drug-likeness (QED) is 0.755. The van der Waals surface area contributed by atoms with Gasteiger partial charge in [-0.05, 0) is 39.4 Å². The van der Waals surface area contributed by atoms with Crippen molar-refractivity contribution in [2.45, 2.75) is 45.9 Å². The molecule has 1 aromatic heterocycles. The second kappa shape index (κ2) is 7.02. The van der Waals surface area contributed by atoms with Crippen molar-refractivity contribution in [3.8, 4) is 5.75 Å². The Morgan fingerprint density at radius 2 is 2.10 bits per heavy atom. The van der Waals surface area contributed by atoms with Gasteiger partial charge in [-0.15, -0.1) is 0 Å². The Labute approximate surface area is 120 Å². The molecule has 0 amide bonds. The molecule has 2 rings (SSSR count). The van der Waals surface area contributed by atoms with Gasteiger partial charge in [0.15, 0.2) is 0 Å². The first-order valence-electron chi connectivity index (χ1n) is 7.38. The number of likely N-dealkylation sites (tertiary alicyclic amines) is 1. The first-order valence-corrected chi connectivity index (χ1v) is 7.38. The predicted octanol–water partition coefficient (Wildman–Crippen LogP) is 1.16. The molecule has 0 unspecified atom stereocenters. The second-order valence-electron chi connectivity index (χ2n) is 5.44. The lowest BCUT2D eigenvalue weighted by atomic mass is 10.0. The lowest BCUT2D eigenvalue weighted by Crippen LogP contribution is -2.42. The zero-order chi connectivity index (χ0) is 14.5. The number of aromatic hydroxyl groups is 1. The standard InChI is InChI=1S/C15H25N3O2/c1-3-18-6-4-13(5-7-18)17-9-14-12(10-19)8-16-11(2)15(14)20/h8,13,17,19-20H,3-7,9-10H2,1-2H3. The molecular weight excluding hydrogens is 254 g/mol. The molecule has 0 atom stereocenters. The maximum Gasteiger partial charge on any atom is 0.141 e. The number of piperidine rings is 1. The van der Waals surface area contributed by atoms with E-state index in [1.807, 2.05) is 0 Å². The van der Waals surface area contributed by atoms with Crippen molar-refractivity contribution >= 4 is 0 Å². The number of pyridine rings is 1. The van der Waals surface area contributed by atoms with E-state index in [1.165, 1.54) is 0 Å². The fraction of sp³-hybridized carbons (Fsp3) is 0.667. The molecule has 0 radical (unpaired) electrons. The van der Waals surface area contributed by atoms with Crippen LogP contribution in [0.15, 0.2) is 6.20 Å². The third-order valence-corrected chi connectivity index (χ3v) is 4.20. The summed E-state index contributed by atoms with van der Waals surface area (Å²) in [5.41, 5.74) is 2.09. The lowest BCUT2D eigenvalue weighted by molar-refractivity contribution is 0.205. The summed E-state index contributed by atoms with van der Waals surface area (Å²) in [5, 5.41) is 22.9. The maximum absolute atomic E-state index is 10.1. The fourth-order valence-corrected chi connectivity index (χ4v) is 2.72. The van der Waals surface area contributed by atoms with E-state index in [4.69, 9.17) is 0 Å². The molecule has 0 bridgehead atoms. The Kier molecular flexibility index (Phi) is 5.34. The van der Waals surface area contributed by atoms with E-state index < -0.39 is 0 Å². The van der Waals surface area contributed by atoms with Crippen molar-refractivity contribution in [1.29, 1.82) is 0 Å². The van der Waals surface area contributed by atoms with Crippen molar-refractivity contribution in [1.82, 2.24) is 15.2 Å². The molecule has 0 aromatic carbocycles. The highest BCUT2D eigenvalue weighted by molar-refractivity contribution is 5.40. The summed E-state index contributed by atoms with van der Waals surface area (Å²) < 4.78 is 0. The number of hydrogen-bond acceptors (Lipinski definition) is 5. The number of aromatic nitrogens is 1. The normalized spacial score (nSPS) is 17.6. The van der Waals surface area contributed by atoms with E-state index in [0.29, 0.717) is 23.8 Å². The number of hydrogen-bond donors (Lipinski definition) is 3. The molecule has 1 fully saturated rings. The van der Waals surface area contributed by atoms with Gasteiger partial charge in [-0.1, -0.05) is 6.92 Å². The minimum Gasteiger partial charge on any atom is -0.506 e. The van der Waals surface area contributed by atoms with Gasteiger partial charge in [0.1, 0.15) is 5.75 Å². The predicted molar refractivity (Wildman–Crippen MR) is 78.5 cm³/mol. The van der Waals surface area contributed by atoms with E-state index in [1.54, 1.807) is 13.1 Å². The highest BCUT2D eigenvalue weighted by Crippen LogP contribution is 2.24. The Morgan fingerprint density at radius 1 is 1.40 bits per heavy atom. The van der Waals surface area contributed by atoms with E-state index in [0.717, 1.165) is 38.0 Å². The summed E-state index contributed by atoms with van der Waals surface area (Å²) in [7, 11) is 0. The summed E-state index contributed by atoms with van der Waals surface area (Å²) >= 11 is 0. The number of aryl methyl sites for hydroxylation is 1. The molecule has 3 N–H and O–H groups in total. The Bertz CT molecular complexity index is 443. The largest absolute Gasteiger partial charge is 0.506 e. The van der Waals surface area contributed by atoms with Gasteiger partial charge in [0, 0.05) is 29.9 Å². The minimum absolute atomic E-state index is 0.0911. The van der Waals surface area contributed by atoms with Crippen LogP contribution in [0.1, 0.15) is 36.6 Å². The molecule has 5 heteroatoms. The second-order valence-corrected chi connectivity index (χ2v) is 5.44. The smallest absolute Gasteiger partial charge is 0.141 e. The third-order valence-electron chi connectivity index (χ3n) is 4.20. The summed E-state index contributed by atoms with van der Waals surface area (Å²) in [6, 6.07) is 0.484. The van der Waals surface area contributed by atoms with Crippen LogP contribution in [0.4, 0.5) is 0 Å². The van der Waals surface area contributed by atoms with Crippen LogP contribution in [-0.4, -0.2) is 45.8 Å². The van der Waals surface area contributed by atoms with Gasteiger partial charge in [0.05, 0.1) is 12.3 Å². The summed E-state index contributed by atoms with van der Waals surface area (Å²) in [5.74, 6) is 0.204. The van der Waals surface area contributed by atoms with Crippen molar-refractivity contribution in [2.24, 2.45) is 0 Å². The Balaban J connectivity index is 1.96. The van der Waals surface area contributed by atoms with Crippen LogP contribution < -0.4 is 5.32 Å². The first kappa shape index (κ1) is 15.2. The SMILES string of the molecule is CCN1CCC(NCc2c(CO)cnc(C)c2O)CC1. The Hall–Kier alpha value is -1.17. The third kappa shape index (κ3) is 3.48. The van der Waals surface area contributed by atoms with Gasteiger partial charge < -0.3 is 20.4 Å². The van der Waals surface area contributed by atoms with Crippen molar-refractivity contribution < 1.29 is 10.2 Å². The zero-order valence-electron chi connectivity index (χ0n) is 12.4. The summed E-state index contributed by atoms with van der Waals surface area (Å²) in [4.78, 5) is 6.53. The molecule has 2 heterocycles. The average Bonchev–Trinajstić information content (AvgIpc) is 2.49. The average molecular weight is 279 g/mol. The maximum atomic E-state index is 10.1. The number of aliphatic hydroxyl groups is 1. The number of nitrogens with one attached hydrogen (secondary N) is 1.